The summed E-state index contributed by atoms with van der Waals surface area (Å²) < 4.78 is 37.1. The number of nitrogens with zero attached hydrogens (tertiary/aromatic N) is 3. The molecule has 0 aliphatic carbocycles. The molecule has 0 fully saturated rings. The first kappa shape index (κ1) is 16.7. The Hall–Kier alpha value is -3.20. The number of hydrogen-bond donors (Lipinski definition) is 1. The van der Waals surface area contributed by atoms with E-state index in [0.717, 1.165) is 0 Å². The number of nitrogens with one attached hydrogen (secondary N) is 1. The van der Waals surface area contributed by atoms with Crippen molar-refractivity contribution in [2.24, 2.45) is 4.99 Å². The Morgan fingerprint density at radius 3 is 2.52 bits per heavy atom. The molecule has 128 valence electrons. The highest BCUT2D eigenvalue weighted by atomic mass is 32.2. The zero-order chi connectivity index (χ0) is 17.7. The van der Waals surface area contributed by atoms with E-state index in [9.17, 15) is 8.42 Å². The maximum Gasteiger partial charge on any atom is 0.263 e. The molecule has 0 saturated heterocycles. The molecule has 1 aromatic carbocycles. The maximum atomic E-state index is 12.3. The van der Waals surface area contributed by atoms with Crippen molar-refractivity contribution in [1.82, 2.24) is 10.2 Å². The largest absolute Gasteiger partial charge is 0.480 e. The molecule has 25 heavy (non-hydrogen) atoms. The minimum Gasteiger partial charge on any atom is -0.480 e. The summed E-state index contributed by atoms with van der Waals surface area (Å²) in [4.78, 5) is 4.29. The lowest BCUT2D eigenvalue weighted by molar-refractivity contribution is 0.392. The van der Waals surface area contributed by atoms with Gasteiger partial charge in [-0.25, -0.2) is 8.42 Å². The second kappa shape index (κ2) is 7.14. The van der Waals surface area contributed by atoms with Gasteiger partial charge in [-0.1, -0.05) is 0 Å². The summed E-state index contributed by atoms with van der Waals surface area (Å²) in [5.74, 6) is 0.999. The third kappa shape index (κ3) is 4.21. The number of methoxy groups -OCH3 is 1. The van der Waals surface area contributed by atoms with Gasteiger partial charge in [0.05, 0.1) is 30.2 Å². The van der Waals surface area contributed by atoms with Gasteiger partial charge in [-0.15, -0.1) is 10.2 Å². The van der Waals surface area contributed by atoms with E-state index in [-0.39, 0.29) is 10.7 Å². The molecule has 2 heterocycles. The van der Waals surface area contributed by atoms with Crippen LogP contribution < -0.4 is 9.46 Å². The number of rotatable bonds is 6. The van der Waals surface area contributed by atoms with Gasteiger partial charge in [0, 0.05) is 6.07 Å². The van der Waals surface area contributed by atoms with Crippen molar-refractivity contribution in [1.29, 1.82) is 0 Å². The Balaban J connectivity index is 1.73. The Morgan fingerprint density at radius 1 is 1.12 bits per heavy atom. The molecular formula is C16H14N4O4S. The van der Waals surface area contributed by atoms with Crippen LogP contribution in [0.15, 0.2) is 69.1 Å². The molecule has 0 aliphatic heterocycles. The molecule has 8 nitrogen and oxygen atoms in total. The third-order valence-electron chi connectivity index (χ3n) is 3.12. The standard InChI is InChI=1S/C16H14N4O4S/c1-23-16-9-8-15(18-19-16)20-25(21,22)14-6-4-12(5-7-14)17-11-13-3-2-10-24-13/h2-11H,1H3,(H,18,20). The molecule has 0 radical (unpaired) electrons. The van der Waals surface area contributed by atoms with Crippen LogP contribution in [0, 0.1) is 0 Å². The Kier molecular flexibility index (Phi) is 4.75. The van der Waals surface area contributed by atoms with E-state index in [1.165, 1.54) is 31.4 Å². The molecule has 0 spiro atoms. The Bertz CT molecular complexity index is 950. The number of ether oxygens (including phenoxy) is 1. The van der Waals surface area contributed by atoms with E-state index in [1.54, 1.807) is 36.7 Å². The van der Waals surface area contributed by atoms with Crippen molar-refractivity contribution in [3.05, 3.63) is 60.6 Å². The van der Waals surface area contributed by atoms with E-state index >= 15 is 0 Å². The van der Waals surface area contributed by atoms with Crippen molar-refractivity contribution < 1.29 is 17.6 Å². The van der Waals surface area contributed by atoms with Crippen LogP contribution in [0.1, 0.15) is 5.76 Å². The van der Waals surface area contributed by atoms with Crippen LogP contribution in [-0.4, -0.2) is 31.9 Å². The number of sulfonamides is 1. The lowest BCUT2D eigenvalue weighted by atomic mass is 10.3. The summed E-state index contributed by atoms with van der Waals surface area (Å²) in [6, 6.07) is 12.6. The van der Waals surface area contributed by atoms with Crippen molar-refractivity contribution in [3.8, 4) is 5.88 Å². The first-order chi connectivity index (χ1) is 12.1. The summed E-state index contributed by atoms with van der Waals surface area (Å²) in [5, 5.41) is 7.45. The van der Waals surface area contributed by atoms with Crippen molar-refractivity contribution in [3.63, 3.8) is 0 Å². The third-order valence-corrected chi connectivity index (χ3v) is 4.49. The molecular weight excluding hydrogens is 344 g/mol. The summed E-state index contributed by atoms with van der Waals surface area (Å²) in [5.41, 5.74) is 0.597. The van der Waals surface area contributed by atoms with E-state index < -0.39 is 10.0 Å². The SMILES string of the molecule is COc1ccc(NS(=O)(=O)c2ccc(N=Cc3ccco3)cc2)nn1. The highest BCUT2D eigenvalue weighted by Crippen LogP contribution is 2.19. The zero-order valence-corrected chi connectivity index (χ0v) is 14.0. The lowest BCUT2D eigenvalue weighted by Gasteiger charge is -2.07. The van der Waals surface area contributed by atoms with Crippen LogP contribution in [0.4, 0.5) is 11.5 Å². The topological polar surface area (TPSA) is 107 Å². The first-order valence-electron chi connectivity index (χ1n) is 7.15. The molecule has 9 heteroatoms. The van der Waals surface area contributed by atoms with E-state index in [2.05, 4.69) is 19.9 Å². The molecule has 1 N–H and O–H groups in total. The van der Waals surface area contributed by atoms with Gasteiger partial charge in [0.1, 0.15) is 5.76 Å². The number of anilines is 1. The van der Waals surface area contributed by atoms with Crippen LogP contribution in [0.3, 0.4) is 0 Å². The average Bonchev–Trinajstić information content (AvgIpc) is 3.14. The normalized spacial score (nSPS) is 11.6. The monoisotopic (exact) mass is 358 g/mol. The van der Waals surface area contributed by atoms with E-state index in [4.69, 9.17) is 9.15 Å². The van der Waals surface area contributed by atoms with Crippen LogP contribution >= 0.6 is 0 Å². The predicted molar refractivity (Wildman–Crippen MR) is 91.8 cm³/mol. The second-order valence-corrected chi connectivity index (χ2v) is 6.52. The number of aliphatic imine (C=N–C) groups is 1. The smallest absolute Gasteiger partial charge is 0.263 e. The molecule has 0 atom stereocenters. The van der Waals surface area contributed by atoms with Gasteiger partial charge >= 0.3 is 0 Å². The van der Waals surface area contributed by atoms with Crippen molar-refractivity contribution in [2.75, 3.05) is 11.8 Å². The molecule has 0 unspecified atom stereocenters. The van der Waals surface area contributed by atoms with Gasteiger partial charge in [-0.3, -0.25) is 9.71 Å². The molecule has 3 aromatic rings. The molecule has 0 amide bonds. The van der Waals surface area contributed by atoms with Gasteiger partial charge in [0.15, 0.2) is 5.82 Å². The van der Waals surface area contributed by atoms with Gasteiger partial charge in [-0.05, 0) is 42.5 Å². The summed E-state index contributed by atoms with van der Waals surface area (Å²) in [6.45, 7) is 0. The van der Waals surface area contributed by atoms with E-state index in [0.29, 0.717) is 17.3 Å². The molecule has 2 aromatic heterocycles. The van der Waals surface area contributed by atoms with Gasteiger partial charge in [0.2, 0.25) is 5.88 Å². The van der Waals surface area contributed by atoms with Gasteiger partial charge in [-0.2, -0.15) is 0 Å². The fourth-order valence-electron chi connectivity index (χ4n) is 1.89. The summed E-state index contributed by atoms with van der Waals surface area (Å²) in [6.07, 6.45) is 3.10. The molecule has 0 saturated carbocycles. The van der Waals surface area contributed by atoms with Gasteiger partial charge in [0.25, 0.3) is 10.0 Å². The molecule has 0 aliphatic rings. The van der Waals surface area contributed by atoms with Crippen LogP contribution in [0.5, 0.6) is 5.88 Å². The maximum absolute atomic E-state index is 12.3. The minimum atomic E-state index is -3.77. The fourth-order valence-corrected chi connectivity index (χ4v) is 2.89. The van der Waals surface area contributed by atoms with Crippen LogP contribution in [0.2, 0.25) is 0 Å². The van der Waals surface area contributed by atoms with Gasteiger partial charge < -0.3 is 9.15 Å². The molecule has 0 bridgehead atoms. The number of hydrogen-bond acceptors (Lipinski definition) is 7. The highest BCUT2D eigenvalue weighted by Gasteiger charge is 2.15. The average molecular weight is 358 g/mol. The Morgan fingerprint density at radius 2 is 1.92 bits per heavy atom. The number of aromatic nitrogens is 2. The van der Waals surface area contributed by atoms with Crippen molar-refractivity contribution >= 4 is 27.7 Å². The van der Waals surface area contributed by atoms with E-state index in [1.807, 2.05) is 0 Å². The lowest BCUT2D eigenvalue weighted by Crippen LogP contribution is -2.14. The summed E-state index contributed by atoms with van der Waals surface area (Å²) in [7, 11) is -2.32. The highest BCUT2D eigenvalue weighted by molar-refractivity contribution is 7.92. The summed E-state index contributed by atoms with van der Waals surface area (Å²) >= 11 is 0. The van der Waals surface area contributed by atoms with Crippen LogP contribution in [-0.2, 0) is 10.0 Å². The number of benzene rings is 1. The van der Waals surface area contributed by atoms with Crippen LogP contribution in [0.25, 0.3) is 0 Å². The molecule has 3 rings (SSSR count). The second-order valence-electron chi connectivity index (χ2n) is 4.83. The minimum absolute atomic E-state index is 0.0852. The van der Waals surface area contributed by atoms with Crippen molar-refractivity contribution in [2.45, 2.75) is 4.90 Å². The zero-order valence-electron chi connectivity index (χ0n) is 13.2. The first-order valence-corrected chi connectivity index (χ1v) is 8.63. The predicted octanol–water partition coefficient (Wildman–Crippen LogP) is 2.63. The Labute approximate surface area is 144 Å². The number of furan rings is 1. The fraction of sp³-hybridized carbons (Fsp3) is 0.0625. The quantitative estimate of drug-likeness (QED) is 0.679.